The molecule has 0 unspecified atom stereocenters. The first-order valence-corrected chi connectivity index (χ1v) is 8.83. The zero-order chi connectivity index (χ0) is 18.9. The van der Waals surface area contributed by atoms with E-state index in [0.717, 1.165) is 28.5 Å². The first-order chi connectivity index (χ1) is 12.6. The van der Waals surface area contributed by atoms with Crippen LogP contribution in [0.4, 0.5) is 0 Å². The molecular formula is C21H24N2O3. The summed E-state index contributed by atoms with van der Waals surface area (Å²) in [4.78, 5) is 28.4. The fraction of sp³-hybridized carbons (Fsp3) is 0.333. The average Bonchev–Trinajstić information content (AvgIpc) is 2.67. The molecule has 26 heavy (non-hydrogen) atoms. The van der Waals surface area contributed by atoms with E-state index < -0.39 is 5.91 Å². The Morgan fingerprint density at radius 2 is 2.00 bits per heavy atom. The molecular weight excluding hydrogens is 328 g/mol. The van der Waals surface area contributed by atoms with E-state index in [1.54, 1.807) is 18.5 Å². The van der Waals surface area contributed by atoms with Crippen molar-refractivity contribution < 1.29 is 14.3 Å². The number of Topliss-reactive ketones (excluding diaryl/α,β-unsaturated/α-hetero) is 1. The third-order valence-corrected chi connectivity index (χ3v) is 3.86. The van der Waals surface area contributed by atoms with Crippen LogP contribution < -0.4 is 10.1 Å². The summed E-state index contributed by atoms with van der Waals surface area (Å²) in [5, 5.41) is 4.32. The van der Waals surface area contributed by atoms with E-state index in [1.165, 1.54) is 7.05 Å². The van der Waals surface area contributed by atoms with Gasteiger partial charge in [0.15, 0.2) is 5.78 Å². The van der Waals surface area contributed by atoms with Crippen molar-refractivity contribution in [2.75, 3.05) is 13.7 Å². The van der Waals surface area contributed by atoms with Crippen molar-refractivity contribution in [3.05, 3.63) is 47.5 Å². The van der Waals surface area contributed by atoms with Gasteiger partial charge in [-0.3, -0.25) is 14.6 Å². The van der Waals surface area contributed by atoms with Crippen LogP contribution in [0.25, 0.3) is 16.8 Å². The Hall–Kier alpha value is -2.91. The Kier molecular flexibility index (Phi) is 7.12. The predicted octanol–water partition coefficient (Wildman–Crippen LogP) is 3.68. The molecule has 0 fully saturated rings. The largest absolute Gasteiger partial charge is 0.493 e. The van der Waals surface area contributed by atoms with Gasteiger partial charge in [-0.2, -0.15) is 0 Å². The van der Waals surface area contributed by atoms with Crippen LogP contribution in [-0.2, 0) is 9.59 Å². The Labute approximate surface area is 153 Å². The molecule has 1 amide bonds. The molecule has 2 rings (SSSR count). The van der Waals surface area contributed by atoms with Crippen molar-refractivity contribution in [3.8, 4) is 5.75 Å². The topological polar surface area (TPSA) is 68.3 Å². The number of hydrogen-bond acceptors (Lipinski definition) is 4. The molecule has 5 heteroatoms. The van der Waals surface area contributed by atoms with Crippen molar-refractivity contribution >= 4 is 28.5 Å². The number of ketones is 1. The maximum Gasteiger partial charge on any atom is 0.262 e. The number of rotatable bonds is 8. The lowest BCUT2D eigenvalue weighted by atomic mass is 10.0. The molecule has 2 aromatic rings. The third kappa shape index (κ3) is 4.58. The normalized spacial score (nSPS) is 10.1. The lowest BCUT2D eigenvalue weighted by molar-refractivity contribution is -0.122. The van der Waals surface area contributed by atoms with E-state index in [-0.39, 0.29) is 11.4 Å². The molecule has 0 aliphatic heterocycles. The smallest absolute Gasteiger partial charge is 0.262 e. The summed E-state index contributed by atoms with van der Waals surface area (Å²) >= 11 is 0. The number of ether oxygens (including phenoxy) is 1. The number of carbonyl (C=O) groups excluding carboxylic acids is 2. The number of hydrogen-bond donors (Lipinski definition) is 1. The average molecular weight is 352 g/mol. The molecule has 1 aromatic heterocycles. The van der Waals surface area contributed by atoms with Crippen LogP contribution in [0.3, 0.4) is 0 Å². The Morgan fingerprint density at radius 3 is 2.69 bits per heavy atom. The zero-order valence-corrected chi connectivity index (χ0v) is 15.5. The molecule has 0 saturated heterocycles. The molecule has 5 nitrogen and oxygen atoms in total. The predicted molar refractivity (Wildman–Crippen MR) is 103 cm³/mol. The van der Waals surface area contributed by atoms with Crippen LogP contribution in [0, 0.1) is 0 Å². The van der Waals surface area contributed by atoms with E-state index in [9.17, 15) is 9.59 Å². The Balaban J connectivity index is 2.53. The van der Waals surface area contributed by atoms with Gasteiger partial charge in [-0.25, -0.2) is 0 Å². The van der Waals surface area contributed by atoms with E-state index >= 15 is 0 Å². The van der Waals surface area contributed by atoms with Crippen LogP contribution >= 0.6 is 0 Å². The minimum atomic E-state index is -0.423. The molecule has 0 bridgehead atoms. The monoisotopic (exact) mass is 352 g/mol. The van der Waals surface area contributed by atoms with E-state index in [1.807, 2.05) is 25.1 Å². The van der Waals surface area contributed by atoms with Crippen LogP contribution in [0.5, 0.6) is 5.75 Å². The highest BCUT2D eigenvalue weighted by Crippen LogP contribution is 2.28. The second kappa shape index (κ2) is 9.54. The SMILES string of the molecule is CCCOc1ccc(C=C=C(C(=O)CCC)C(=O)NC)c2ccncc12. The molecule has 136 valence electrons. The first kappa shape index (κ1) is 19.4. The van der Waals surface area contributed by atoms with Gasteiger partial charge < -0.3 is 10.1 Å². The molecule has 0 spiro atoms. The van der Waals surface area contributed by atoms with Crippen molar-refractivity contribution in [1.82, 2.24) is 10.3 Å². The quantitative estimate of drug-likeness (QED) is 0.341. The van der Waals surface area contributed by atoms with Gasteiger partial charge in [0.05, 0.1) is 6.61 Å². The zero-order valence-electron chi connectivity index (χ0n) is 15.5. The number of nitrogens with zero attached hydrogens (tertiary/aromatic N) is 1. The highest BCUT2D eigenvalue weighted by Gasteiger charge is 2.15. The van der Waals surface area contributed by atoms with Gasteiger partial charge in [-0.05, 0) is 42.0 Å². The molecule has 1 heterocycles. The molecule has 0 radical (unpaired) electrons. The maximum absolute atomic E-state index is 12.2. The second-order valence-corrected chi connectivity index (χ2v) is 5.84. The van der Waals surface area contributed by atoms with Crippen molar-refractivity contribution in [2.45, 2.75) is 33.1 Å². The summed E-state index contributed by atoms with van der Waals surface area (Å²) in [6.45, 7) is 4.58. The highest BCUT2D eigenvalue weighted by atomic mass is 16.5. The second-order valence-electron chi connectivity index (χ2n) is 5.84. The number of carbonyl (C=O) groups is 2. The number of nitrogens with one attached hydrogen (secondary N) is 1. The van der Waals surface area contributed by atoms with Crippen LogP contribution in [0.2, 0.25) is 0 Å². The van der Waals surface area contributed by atoms with Gasteiger partial charge in [0.1, 0.15) is 11.3 Å². The van der Waals surface area contributed by atoms with Crippen LogP contribution in [0.1, 0.15) is 38.7 Å². The summed E-state index contributed by atoms with van der Waals surface area (Å²) in [6.07, 6.45) is 7.04. The fourth-order valence-corrected chi connectivity index (χ4v) is 2.55. The molecule has 0 aliphatic carbocycles. The standard InChI is InChI=1S/C21H24N2O3/c1-4-6-19(24)17(21(25)22-3)9-7-15-8-10-20(26-13-5-2)18-14-23-12-11-16(15)18/h7-8,10-12,14H,4-6,13H2,1-3H3,(H,22,25). The van der Waals surface area contributed by atoms with Crippen molar-refractivity contribution in [3.63, 3.8) is 0 Å². The number of benzene rings is 1. The van der Waals surface area contributed by atoms with Crippen LogP contribution in [0.15, 0.2) is 41.9 Å². The molecule has 0 saturated carbocycles. The molecule has 1 aromatic carbocycles. The number of pyridine rings is 1. The van der Waals surface area contributed by atoms with Gasteiger partial charge in [0, 0.05) is 31.2 Å². The van der Waals surface area contributed by atoms with Gasteiger partial charge in [0.2, 0.25) is 0 Å². The Morgan fingerprint density at radius 1 is 1.19 bits per heavy atom. The Bertz CT molecular complexity index is 865. The molecule has 0 atom stereocenters. The fourth-order valence-electron chi connectivity index (χ4n) is 2.55. The van der Waals surface area contributed by atoms with Crippen molar-refractivity contribution in [2.24, 2.45) is 0 Å². The van der Waals surface area contributed by atoms with Crippen LogP contribution in [-0.4, -0.2) is 30.3 Å². The lowest BCUT2D eigenvalue weighted by Crippen LogP contribution is -2.24. The summed E-state index contributed by atoms with van der Waals surface area (Å²) in [6, 6.07) is 5.65. The summed E-state index contributed by atoms with van der Waals surface area (Å²) in [5.41, 5.74) is 3.78. The third-order valence-electron chi connectivity index (χ3n) is 3.86. The molecule has 1 N–H and O–H groups in total. The van der Waals surface area contributed by atoms with Crippen molar-refractivity contribution in [1.29, 1.82) is 0 Å². The molecule has 0 aliphatic rings. The maximum atomic E-state index is 12.2. The van der Waals surface area contributed by atoms with E-state index in [0.29, 0.717) is 19.4 Å². The number of likely N-dealkylation sites (N-methyl/N-ethyl adjacent to an activating group) is 1. The van der Waals surface area contributed by atoms with Gasteiger partial charge >= 0.3 is 0 Å². The number of aromatic nitrogens is 1. The summed E-state index contributed by atoms with van der Waals surface area (Å²) in [7, 11) is 1.50. The number of amides is 1. The minimum Gasteiger partial charge on any atom is -0.493 e. The summed E-state index contributed by atoms with van der Waals surface area (Å²) in [5.74, 6) is 0.134. The van der Waals surface area contributed by atoms with E-state index in [4.69, 9.17) is 4.74 Å². The van der Waals surface area contributed by atoms with Gasteiger partial charge in [-0.1, -0.05) is 19.9 Å². The van der Waals surface area contributed by atoms with Gasteiger partial charge in [-0.15, -0.1) is 5.73 Å². The lowest BCUT2D eigenvalue weighted by Gasteiger charge is -2.09. The van der Waals surface area contributed by atoms with Gasteiger partial charge in [0.25, 0.3) is 5.91 Å². The van der Waals surface area contributed by atoms with E-state index in [2.05, 4.69) is 23.0 Å². The minimum absolute atomic E-state index is 0.0443. The summed E-state index contributed by atoms with van der Waals surface area (Å²) < 4.78 is 5.78. The highest BCUT2D eigenvalue weighted by molar-refractivity contribution is 6.19. The number of fused-ring (bicyclic) bond motifs is 1. The first-order valence-electron chi connectivity index (χ1n) is 8.83.